The van der Waals surface area contributed by atoms with Gasteiger partial charge in [0.05, 0.1) is 15.4 Å². The topological polar surface area (TPSA) is 139 Å². The highest BCUT2D eigenvalue weighted by atomic mass is 16.6. The van der Waals surface area contributed by atoms with Crippen molar-refractivity contribution >= 4 is 23.0 Å². The molecule has 0 aliphatic carbocycles. The lowest BCUT2D eigenvalue weighted by atomic mass is 10.1. The number of hydrogen-bond acceptors (Lipinski definition) is 7. The number of nitrogens with zero attached hydrogens (tertiary/aromatic N) is 2. The van der Waals surface area contributed by atoms with Crippen LogP contribution in [0.5, 0.6) is 0 Å². The number of nitro benzene ring substituents is 2. The van der Waals surface area contributed by atoms with E-state index in [1.54, 1.807) is 0 Å². The number of nitro groups is 2. The van der Waals surface area contributed by atoms with E-state index in [4.69, 9.17) is 10.5 Å². The van der Waals surface area contributed by atoms with Gasteiger partial charge >= 0.3 is 5.97 Å². The van der Waals surface area contributed by atoms with Gasteiger partial charge in [0.15, 0.2) is 0 Å². The minimum absolute atomic E-state index is 0.0595. The van der Waals surface area contributed by atoms with Crippen molar-refractivity contribution in [1.29, 1.82) is 0 Å². The molecule has 0 amide bonds. The summed E-state index contributed by atoms with van der Waals surface area (Å²) >= 11 is 0. The van der Waals surface area contributed by atoms with Gasteiger partial charge in [0.2, 0.25) is 0 Å². The van der Waals surface area contributed by atoms with Crippen LogP contribution in [0, 0.1) is 20.2 Å². The standard InChI is InChI=1S/C14H11N3O6/c15-13-6-5-11(17(21)22)7-12(13)14(18)23-8-9-1-3-10(4-2-9)16(19)20/h1-7H,8,15H2. The lowest BCUT2D eigenvalue weighted by Crippen LogP contribution is -2.09. The van der Waals surface area contributed by atoms with Gasteiger partial charge in [-0.05, 0) is 23.8 Å². The number of anilines is 1. The van der Waals surface area contributed by atoms with Gasteiger partial charge in [-0.2, -0.15) is 0 Å². The summed E-state index contributed by atoms with van der Waals surface area (Å²) in [6.07, 6.45) is 0. The Morgan fingerprint density at radius 1 is 1.00 bits per heavy atom. The first-order chi connectivity index (χ1) is 10.9. The third-order valence-electron chi connectivity index (χ3n) is 2.98. The van der Waals surface area contributed by atoms with Gasteiger partial charge in [-0.1, -0.05) is 0 Å². The van der Waals surface area contributed by atoms with E-state index in [1.807, 2.05) is 0 Å². The van der Waals surface area contributed by atoms with E-state index in [-0.39, 0.29) is 29.2 Å². The first-order valence-electron chi connectivity index (χ1n) is 6.33. The molecule has 0 aliphatic rings. The number of nitrogens with two attached hydrogens (primary N) is 1. The molecule has 0 fully saturated rings. The van der Waals surface area contributed by atoms with Crippen molar-refractivity contribution in [3.05, 3.63) is 73.8 Å². The highest BCUT2D eigenvalue weighted by Crippen LogP contribution is 2.21. The zero-order valence-electron chi connectivity index (χ0n) is 11.7. The molecule has 2 aromatic carbocycles. The average Bonchev–Trinajstić information content (AvgIpc) is 2.53. The average molecular weight is 317 g/mol. The van der Waals surface area contributed by atoms with Crippen molar-refractivity contribution in [2.75, 3.05) is 5.73 Å². The number of benzene rings is 2. The van der Waals surface area contributed by atoms with Crippen LogP contribution >= 0.6 is 0 Å². The second kappa shape index (κ2) is 6.52. The van der Waals surface area contributed by atoms with Crippen molar-refractivity contribution in [3.8, 4) is 0 Å². The maximum atomic E-state index is 12.0. The molecule has 0 aromatic heterocycles. The van der Waals surface area contributed by atoms with E-state index in [9.17, 15) is 25.0 Å². The highest BCUT2D eigenvalue weighted by molar-refractivity contribution is 5.95. The Morgan fingerprint density at radius 2 is 1.57 bits per heavy atom. The molecule has 0 saturated carbocycles. The molecule has 0 spiro atoms. The van der Waals surface area contributed by atoms with Crippen LogP contribution < -0.4 is 5.73 Å². The Labute approximate surface area is 129 Å². The Bertz CT molecular complexity index is 773. The molecule has 0 saturated heterocycles. The summed E-state index contributed by atoms with van der Waals surface area (Å²) < 4.78 is 5.02. The smallest absolute Gasteiger partial charge is 0.340 e. The van der Waals surface area contributed by atoms with E-state index < -0.39 is 15.8 Å². The molecule has 0 unspecified atom stereocenters. The maximum Gasteiger partial charge on any atom is 0.340 e. The summed E-state index contributed by atoms with van der Waals surface area (Å²) in [5, 5.41) is 21.2. The molecule has 2 aromatic rings. The number of non-ortho nitro benzene ring substituents is 2. The van der Waals surface area contributed by atoms with Crippen LogP contribution in [0.15, 0.2) is 42.5 Å². The van der Waals surface area contributed by atoms with Crippen molar-refractivity contribution < 1.29 is 19.4 Å². The van der Waals surface area contributed by atoms with Crippen LogP contribution in [0.1, 0.15) is 15.9 Å². The Morgan fingerprint density at radius 3 is 2.13 bits per heavy atom. The zero-order chi connectivity index (χ0) is 17.0. The molecule has 0 bridgehead atoms. The lowest BCUT2D eigenvalue weighted by molar-refractivity contribution is -0.385. The highest BCUT2D eigenvalue weighted by Gasteiger charge is 2.16. The second-order valence-corrected chi connectivity index (χ2v) is 4.53. The predicted octanol–water partition coefficient (Wildman–Crippen LogP) is 2.44. The van der Waals surface area contributed by atoms with Crippen molar-refractivity contribution in [2.24, 2.45) is 0 Å². The molecule has 0 atom stereocenters. The zero-order valence-corrected chi connectivity index (χ0v) is 11.7. The van der Waals surface area contributed by atoms with Crippen LogP contribution in [0.2, 0.25) is 0 Å². The van der Waals surface area contributed by atoms with Crippen molar-refractivity contribution in [3.63, 3.8) is 0 Å². The molecular formula is C14H11N3O6. The number of esters is 1. The quantitative estimate of drug-likeness (QED) is 0.386. The molecule has 9 heteroatoms. The van der Waals surface area contributed by atoms with Crippen LogP contribution in [0.25, 0.3) is 0 Å². The van der Waals surface area contributed by atoms with E-state index in [1.165, 1.54) is 36.4 Å². The number of ether oxygens (including phenoxy) is 1. The summed E-state index contributed by atoms with van der Waals surface area (Å²) in [5.74, 6) is -0.815. The molecule has 0 heterocycles. The fourth-order valence-corrected chi connectivity index (χ4v) is 1.78. The molecule has 9 nitrogen and oxygen atoms in total. The Hall–Kier alpha value is -3.49. The number of rotatable bonds is 5. The fraction of sp³-hybridized carbons (Fsp3) is 0.0714. The largest absolute Gasteiger partial charge is 0.457 e. The van der Waals surface area contributed by atoms with E-state index in [0.717, 1.165) is 6.07 Å². The van der Waals surface area contributed by atoms with Crippen LogP contribution in [-0.4, -0.2) is 15.8 Å². The van der Waals surface area contributed by atoms with Crippen LogP contribution in [0.3, 0.4) is 0 Å². The molecule has 23 heavy (non-hydrogen) atoms. The summed E-state index contributed by atoms with van der Waals surface area (Å²) in [4.78, 5) is 32.0. The molecule has 118 valence electrons. The molecule has 2 N–H and O–H groups in total. The number of hydrogen-bond donors (Lipinski definition) is 1. The van der Waals surface area contributed by atoms with Crippen molar-refractivity contribution in [1.82, 2.24) is 0 Å². The summed E-state index contributed by atoms with van der Waals surface area (Å²) in [6.45, 7) is -0.140. The minimum atomic E-state index is -0.815. The Kier molecular flexibility index (Phi) is 4.50. The molecule has 2 rings (SSSR count). The van der Waals surface area contributed by atoms with Gasteiger partial charge in [0, 0.05) is 30.0 Å². The van der Waals surface area contributed by atoms with Gasteiger partial charge in [0.1, 0.15) is 6.61 Å². The van der Waals surface area contributed by atoms with Crippen molar-refractivity contribution in [2.45, 2.75) is 6.61 Å². The second-order valence-electron chi connectivity index (χ2n) is 4.53. The number of carbonyl (C=O) groups is 1. The monoisotopic (exact) mass is 317 g/mol. The summed E-state index contributed by atoms with van der Waals surface area (Å²) in [5.41, 5.74) is 5.74. The van der Waals surface area contributed by atoms with Gasteiger partial charge in [0.25, 0.3) is 11.4 Å². The third-order valence-corrected chi connectivity index (χ3v) is 2.98. The fourth-order valence-electron chi connectivity index (χ4n) is 1.78. The lowest BCUT2D eigenvalue weighted by Gasteiger charge is -2.07. The molecule has 0 aliphatic heterocycles. The number of nitrogen functional groups attached to an aromatic ring is 1. The molecule has 0 radical (unpaired) electrons. The first-order valence-corrected chi connectivity index (χ1v) is 6.33. The van der Waals surface area contributed by atoms with E-state index in [2.05, 4.69) is 0 Å². The van der Waals surface area contributed by atoms with Gasteiger partial charge in [-0.15, -0.1) is 0 Å². The van der Waals surface area contributed by atoms with Crippen LogP contribution in [-0.2, 0) is 11.3 Å². The summed E-state index contributed by atoms with van der Waals surface area (Å²) in [6, 6.07) is 8.93. The summed E-state index contributed by atoms with van der Waals surface area (Å²) in [7, 11) is 0. The normalized spacial score (nSPS) is 10.1. The minimum Gasteiger partial charge on any atom is -0.457 e. The predicted molar refractivity (Wildman–Crippen MR) is 79.7 cm³/mol. The maximum absolute atomic E-state index is 12.0. The Balaban J connectivity index is 2.09. The molecular weight excluding hydrogens is 306 g/mol. The van der Waals surface area contributed by atoms with Gasteiger partial charge < -0.3 is 10.5 Å². The van der Waals surface area contributed by atoms with E-state index in [0.29, 0.717) is 5.56 Å². The third kappa shape index (κ3) is 3.79. The van der Waals surface area contributed by atoms with Gasteiger partial charge in [-0.3, -0.25) is 20.2 Å². The van der Waals surface area contributed by atoms with Crippen LogP contribution in [0.4, 0.5) is 17.1 Å². The number of carbonyl (C=O) groups excluding carboxylic acids is 1. The van der Waals surface area contributed by atoms with Gasteiger partial charge in [-0.25, -0.2) is 4.79 Å². The van der Waals surface area contributed by atoms with E-state index >= 15 is 0 Å². The first kappa shape index (κ1) is 15.9. The SMILES string of the molecule is Nc1ccc([N+](=O)[O-])cc1C(=O)OCc1ccc([N+](=O)[O-])cc1.